The Balaban J connectivity index is 0.000000131. The molecule has 3 fully saturated rings. The third-order valence-electron chi connectivity index (χ3n) is 13.0. The number of carbonyl (C=O) groups is 1. The summed E-state index contributed by atoms with van der Waals surface area (Å²) in [5.74, 6) is 4.00. The van der Waals surface area contributed by atoms with Crippen molar-refractivity contribution in [2.45, 2.75) is 82.8 Å². The van der Waals surface area contributed by atoms with Gasteiger partial charge in [-0.2, -0.15) is 0 Å². The Hall–Kier alpha value is -2.89. The predicted molar refractivity (Wildman–Crippen MR) is 165 cm³/mol. The molecule has 8 atom stereocenters. The van der Waals surface area contributed by atoms with Crippen molar-refractivity contribution in [3.05, 3.63) is 83.0 Å². The molecule has 2 aromatic carbocycles. The minimum atomic E-state index is -0.474. The molecule has 226 valence electrons. The van der Waals surface area contributed by atoms with E-state index in [4.69, 9.17) is 9.47 Å². The van der Waals surface area contributed by atoms with Crippen LogP contribution >= 0.6 is 0 Å². The maximum atomic E-state index is 12.2. The molecular weight excluding hydrogens is 536 g/mol. The van der Waals surface area contributed by atoms with Crippen LogP contribution in [0.4, 0.5) is 0 Å². The minimum Gasteiger partial charge on any atom is -0.508 e. The van der Waals surface area contributed by atoms with E-state index in [0.29, 0.717) is 66.0 Å². The van der Waals surface area contributed by atoms with Gasteiger partial charge in [-0.25, -0.2) is 0 Å². The fourth-order valence-electron chi connectivity index (χ4n) is 10.7. The van der Waals surface area contributed by atoms with Crippen LogP contribution < -0.4 is 0 Å². The van der Waals surface area contributed by atoms with Crippen LogP contribution in [0.15, 0.2) is 60.7 Å². The van der Waals surface area contributed by atoms with Gasteiger partial charge in [0.25, 0.3) is 0 Å². The Morgan fingerprint density at radius 3 is 1.95 bits per heavy atom. The number of phenolic OH excluding ortho intramolecular Hbond substituents is 2. The Morgan fingerprint density at radius 2 is 1.33 bits per heavy atom. The monoisotopic (exact) mass is 580 g/mol. The predicted octanol–water partition coefficient (Wildman–Crippen LogP) is 7.36. The molecule has 1 heterocycles. The minimum absolute atomic E-state index is 0.0685. The van der Waals surface area contributed by atoms with Crippen LogP contribution in [0.3, 0.4) is 0 Å². The smallest absolute Gasteiger partial charge is 0.193 e. The molecule has 0 bridgehead atoms. The molecule has 0 radical (unpaired) electrons. The zero-order valence-corrected chi connectivity index (χ0v) is 25.4. The van der Waals surface area contributed by atoms with Crippen LogP contribution in [0.1, 0.15) is 86.5 Å². The molecule has 5 heteroatoms. The van der Waals surface area contributed by atoms with Crippen LogP contribution in [0, 0.1) is 34.5 Å². The van der Waals surface area contributed by atoms with Crippen LogP contribution in [0.2, 0.25) is 0 Å². The van der Waals surface area contributed by atoms with Gasteiger partial charge in [0.2, 0.25) is 0 Å². The first-order valence-electron chi connectivity index (χ1n) is 16.6. The van der Waals surface area contributed by atoms with E-state index in [2.05, 4.69) is 44.2 Å². The number of phenols is 2. The first kappa shape index (κ1) is 27.6. The van der Waals surface area contributed by atoms with Gasteiger partial charge in [0.15, 0.2) is 11.6 Å². The lowest BCUT2D eigenvalue weighted by atomic mass is 9.54. The summed E-state index contributed by atoms with van der Waals surface area (Å²) in [6, 6.07) is 11.8. The second-order valence-corrected chi connectivity index (χ2v) is 14.8. The van der Waals surface area contributed by atoms with Crippen molar-refractivity contribution in [1.29, 1.82) is 0 Å². The molecule has 0 amide bonds. The zero-order chi connectivity index (χ0) is 29.6. The molecule has 6 unspecified atom stereocenters. The van der Waals surface area contributed by atoms with Crippen molar-refractivity contribution >= 4 is 5.78 Å². The Kier molecular flexibility index (Phi) is 6.30. The van der Waals surface area contributed by atoms with Gasteiger partial charge in [-0.3, -0.25) is 4.79 Å². The summed E-state index contributed by atoms with van der Waals surface area (Å²) in [5.41, 5.74) is 5.45. The highest BCUT2D eigenvalue weighted by atomic mass is 16.7. The quantitative estimate of drug-likeness (QED) is 0.319. The second kappa shape index (κ2) is 9.81. The zero-order valence-electron chi connectivity index (χ0n) is 25.4. The number of ketones is 1. The Labute approximate surface area is 255 Å². The fraction of sp³-hybridized carbons (Fsp3) is 0.553. The van der Waals surface area contributed by atoms with Crippen LogP contribution in [0.5, 0.6) is 11.5 Å². The number of allylic oxidation sites excluding steroid dienone is 3. The number of hydrogen-bond acceptors (Lipinski definition) is 5. The first-order valence-corrected chi connectivity index (χ1v) is 16.6. The number of fused-ring (bicyclic) bond motifs is 11. The lowest BCUT2D eigenvalue weighted by molar-refractivity contribution is -0.215. The summed E-state index contributed by atoms with van der Waals surface area (Å²) in [5, 5.41) is 19.4. The van der Waals surface area contributed by atoms with Gasteiger partial charge >= 0.3 is 0 Å². The van der Waals surface area contributed by atoms with Gasteiger partial charge < -0.3 is 19.7 Å². The molecule has 1 saturated heterocycles. The van der Waals surface area contributed by atoms with Crippen molar-refractivity contribution in [1.82, 2.24) is 0 Å². The topological polar surface area (TPSA) is 76.0 Å². The normalized spacial score (nSPS) is 39.2. The number of carbonyl (C=O) groups excluding carboxylic acids is 1. The molecule has 2 saturated carbocycles. The molecule has 6 aliphatic carbocycles. The summed E-state index contributed by atoms with van der Waals surface area (Å²) in [7, 11) is 0. The molecule has 1 aliphatic heterocycles. The fourth-order valence-corrected chi connectivity index (χ4v) is 10.7. The van der Waals surface area contributed by atoms with Crippen molar-refractivity contribution in [2.75, 3.05) is 13.2 Å². The SMILES string of the molecule is C[C@]12CCC3c4ccc(O)cc4CCC3C1C=CC21OCCO1.C[C@]12CCC3c4ccc(O)cc4CCC3C1C=CC2=O. The molecule has 7 aliphatic rings. The van der Waals surface area contributed by atoms with Gasteiger partial charge in [0.05, 0.1) is 13.2 Å². The third kappa shape index (κ3) is 4.00. The number of ether oxygens (including phenoxy) is 2. The van der Waals surface area contributed by atoms with E-state index < -0.39 is 5.79 Å². The van der Waals surface area contributed by atoms with Crippen molar-refractivity contribution in [3.63, 3.8) is 0 Å². The van der Waals surface area contributed by atoms with Gasteiger partial charge in [-0.15, -0.1) is 0 Å². The largest absolute Gasteiger partial charge is 0.508 e. The molecule has 0 aromatic heterocycles. The summed E-state index contributed by atoms with van der Waals surface area (Å²) in [4.78, 5) is 12.2. The van der Waals surface area contributed by atoms with E-state index in [0.717, 1.165) is 38.5 Å². The second-order valence-electron chi connectivity index (χ2n) is 14.8. The standard InChI is InChI=1S/C20H24O3.C18H20O2/c1-19-8-6-16-15-5-3-14(21)12-13(15)2-4-17(16)18(19)7-9-20(19)22-10-11-23-20;1-18-9-8-14-13-5-3-12(19)10-11(13)2-4-15(14)16(18)6-7-17(18)20/h3,5,7,9,12,16-18,21H,2,4,6,8,10-11H2,1H3;3,5-7,10,14-16,19H,2,4,8-9H2,1H3/t16?,17?,18?,19-;14?,15?,16?,18-/m00/s1. The van der Waals surface area contributed by atoms with E-state index in [1.807, 2.05) is 30.3 Å². The number of aromatic hydroxyl groups is 2. The average molecular weight is 581 g/mol. The molecule has 1 spiro atoms. The van der Waals surface area contributed by atoms with Crippen LogP contribution in [-0.2, 0) is 27.1 Å². The third-order valence-corrected chi connectivity index (χ3v) is 13.0. The summed E-state index contributed by atoms with van der Waals surface area (Å²) in [6.07, 6.45) is 17.4. The van der Waals surface area contributed by atoms with E-state index >= 15 is 0 Å². The molecule has 9 rings (SSSR count). The van der Waals surface area contributed by atoms with Crippen molar-refractivity contribution < 1.29 is 24.5 Å². The number of hydrogen-bond donors (Lipinski definition) is 2. The average Bonchev–Trinajstić information content (AvgIpc) is 3.69. The number of benzene rings is 2. The Bertz CT molecular complexity index is 1520. The van der Waals surface area contributed by atoms with Crippen molar-refractivity contribution in [3.8, 4) is 11.5 Å². The highest BCUT2D eigenvalue weighted by molar-refractivity contribution is 5.97. The van der Waals surface area contributed by atoms with Gasteiger partial charge in [-0.05, 0) is 146 Å². The van der Waals surface area contributed by atoms with Crippen molar-refractivity contribution in [2.24, 2.45) is 34.5 Å². The van der Waals surface area contributed by atoms with E-state index in [9.17, 15) is 15.0 Å². The molecule has 5 nitrogen and oxygen atoms in total. The van der Waals surface area contributed by atoms with E-state index in [-0.39, 0.29) is 10.8 Å². The van der Waals surface area contributed by atoms with Crippen LogP contribution in [0.25, 0.3) is 0 Å². The number of aryl methyl sites for hydroxylation is 2. The first-order chi connectivity index (χ1) is 20.7. The molecular formula is C38H44O5. The number of rotatable bonds is 0. The van der Waals surface area contributed by atoms with E-state index in [1.165, 1.54) is 35.1 Å². The van der Waals surface area contributed by atoms with E-state index in [1.54, 1.807) is 0 Å². The maximum absolute atomic E-state index is 12.2. The summed E-state index contributed by atoms with van der Waals surface area (Å²) >= 11 is 0. The summed E-state index contributed by atoms with van der Waals surface area (Å²) in [6.45, 7) is 5.94. The summed E-state index contributed by atoms with van der Waals surface area (Å²) < 4.78 is 12.2. The van der Waals surface area contributed by atoms with Gasteiger partial charge in [-0.1, -0.05) is 38.1 Å². The van der Waals surface area contributed by atoms with Crippen LogP contribution in [-0.4, -0.2) is 35.0 Å². The van der Waals surface area contributed by atoms with Gasteiger partial charge in [0, 0.05) is 10.8 Å². The Morgan fingerprint density at radius 1 is 0.744 bits per heavy atom. The lowest BCUT2D eigenvalue weighted by Crippen LogP contribution is -2.52. The lowest BCUT2D eigenvalue weighted by Gasteiger charge is -2.52. The highest BCUT2D eigenvalue weighted by Crippen LogP contribution is 2.64. The maximum Gasteiger partial charge on any atom is 0.193 e. The highest BCUT2D eigenvalue weighted by Gasteiger charge is 2.62. The molecule has 43 heavy (non-hydrogen) atoms. The van der Waals surface area contributed by atoms with Gasteiger partial charge in [0.1, 0.15) is 11.5 Å². The molecule has 2 N–H and O–H groups in total. The molecule has 2 aromatic rings.